The number of hydrogen-bond donors (Lipinski definition) is 0. The van der Waals surface area contributed by atoms with Crippen LogP contribution in [0.1, 0.15) is 18.4 Å². The standard InChI is InChI=1S/C22H30N4O4/c1-24(2)7-8-26(22(27)18-6-5-9-28-18)13-16-10-15-11-19-20(30-14-29-19)12-17(15)23-21(16)25(3)4/h10-12,18H,5-9,13-14H2,1-4H3/t18-/m0/s1. The van der Waals surface area contributed by atoms with Gasteiger partial charge < -0.3 is 28.9 Å². The van der Waals surface area contributed by atoms with Crippen molar-refractivity contribution in [2.45, 2.75) is 25.5 Å². The Hall–Kier alpha value is -2.58. The highest BCUT2D eigenvalue weighted by atomic mass is 16.7. The molecule has 0 N–H and O–H groups in total. The van der Waals surface area contributed by atoms with Crippen molar-refractivity contribution in [1.29, 1.82) is 0 Å². The zero-order valence-corrected chi connectivity index (χ0v) is 18.2. The van der Waals surface area contributed by atoms with Crippen LogP contribution in [0.5, 0.6) is 11.5 Å². The molecule has 0 unspecified atom stereocenters. The molecule has 1 amide bonds. The van der Waals surface area contributed by atoms with Gasteiger partial charge in [0, 0.05) is 57.4 Å². The smallest absolute Gasteiger partial charge is 0.252 e. The highest BCUT2D eigenvalue weighted by molar-refractivity contribution is 5.86. The third kappa shape index (κ3) is 4.29. The van der Waals surface area contributed by atoms with E-state index in [1.54, 1.807) is 0 Å². The molecule has 30 heavy (non-hydrogen) atoms. The molecule has 0 bridgehead atoms. The Labute approximate surface area is 177 Å². The lowest BCUT2D eigenvalue weighted by molar-refractivity contribution is -0.141. The van der Waals surface area contributed by atoms with Gasteiger partial charge in [-0.3, -0.25) is 4.79 Å². The molecule has 1 fully saturated rings. The van der Waals surface area contributed by atoms with Crippen LogP contribution >= 0.6 is 0 Å². The quantitative estimate of drug-likeness (QED) is 0.687. The maximum absolute atomic E-state index is 13.2. The Balaban J connectivity index is 1.68. The van der Waals surface area contributed by atoms with Gasteiger partial charge in [0.25, 0.3) is 5.91 Å². The first-order valence-electron chi connectivity index (χ1n) is 10.4. The number of rotatable bonds is 7. The van der Waals surface area contributed by atoms with Crippen LogP contribution in [-0.2, 0) is 16.1 Å². The van der Waals surface area contributed by atoms with Gasteiger partial charge in [0.1, 0.15) is 11.9 Å². The maximum Gasteiger partial charge on any atom is 0.252 e. The van der Waals surface area contributed by atoms with E-state index in [4.69, 9.17) is 19.2 Å². The van der Waals surface area contributed by atoms with Crippen molar-refractivity contribution in [3.8, 4) is 11.5 Å². The Kier molecular flexibility index (Phi) is 5.97. The zero-order valence-electron chi connectivity index (χ0n) is 18.2. The van der Waals surface area contributed by atoms with E-state index in [0.717, 1.165) is 47.4 Å². The lowest BCUT2D eigenvalue weighted by atomic mass is 10.1. The van der Waals surface area contributed by atoms with Crippen molar-refractivity contribution in [2.75, 3.05) is 59.6 Å². The SMILES string of the molecule is CN(C)CCN(Cc1cc2cc3c(cc2nc1N(C)C)OCO3)C(=O)[C@@H]1CCCO1. The molecule has 0 aliphatic carbocycles. The summed E-state index contributed by atoms with van der Waals surface area (Å²) in [4.78, 5) is 24.0. The molecule has 162 valence electrons. The van der Waals surface area contributed by atoms with Crippen LogP contribution < -0.4 is 14.4 Å². The van der Waals surface area contributed by atoms with Crippen LogP contribution in [0.4, 0.5) is 5.82 Å². The average Bonchev–Trinajstić information content (AvgIpc) is 3.39. The topological polar surface area (TPSA) is 67.4 Å². The van der Waals surface area contributed by atoms with Crippen molar-refractivity contribution >= 4 is 22.6 Å². The molecule has 0 radical (unpaired) electrons. The van der Waals surface area contributed by atoms with Crippen molar-refractivity contribution in [1.82, 2.24) is 14.8 Å². The number of aromatic nitrogens is 1. The summed E-state index contributed by atoms with van der Waals surface area (Å²) in [7, 11) is 7.97. The van der Waals surface area contributed by atoms with Crippen LogP contribution in [0.25, 0.3) is 10.9 Å². The molecule has 2 aromatic rings. The third-order valence-electron chi connectivity index (χ3n) is 5.48. The monoisotopic (exact) mass is 414 g/mol. The molecular formula is C22H30N4O4. The highest BCUT2D eigenvalue weighted by Gasteiger charge is 2.29. The molecule has 1 aromatic carbocycles. The van der Waals surface area contributed by atoms with Gasteiger partial charge in [0.05, 0.1) is 5.52 Å². The predicted molar refractivity (Wildman–Crippen MR) is 115 cm³/mol. The number of likely N-dealkylation sites (N-methyl/N-ethyl adjacent to an activating group) is 1. The van der Waals surface area contributed by atoms with Gasteiger partial charge in [-0.2, -0.15) is 0 Å². The van der Waals surface area contributed by atoms with Crippen LogP contribution in [0, 0.1) is 0 Å². The fourth-order valence-electron chi connectivity index (χ4n) is 3.87. The van der Waals surface area contributed by atoms with Gasteiger partial charge in [0.15, 0.2) is 11.5 Å². The molecule has 2 aliphatic rings. The van der Waals surface area contributed by atoms with Gasteiger partial charge in [-0.1, -0.05) is 0 Å². The summed E-state index contributed by atoms with van der Waals surface area (Å²) in [6.07, 6.45) is 1.39. The Morgan fingerprint density at radius 2 is 1.87 bits per heavy atom. The number of amides is 1. The number of carbonyl (C=O) groups excluding carboxylic acids is 1. The molecule has 0 spiro atoms. The molecule has 1 aromatic heterocycles. The van der Waals surface area contributed by atoms with Crippen LogP contribution in [0.3, 0.4) is 0 Å². The predicted octanol–water partition coefficient (Wildman–Crippen LogP) is 2.10. The third-order valence-corrected chi connectivity index (χ3v) is 5.48. The van der Waals surface area contributed by atoms with Crippen molar-refractivity contribution in [2.24, 2.45) is 0 Å². The summed E-state index contributed by atoms with van der Waals surface area (Å²) in [5.41, 5.74) is 1.84. The second-order valence-electron chi connectivity index (χ2n) is 8.33. The lowest BCUT2D eigenvalue weighted by Gasteiger charge is -2.28. The minimum atomic E-state index is -0.336. The first kappa shape index (κ1) is 20.7. The summed E-state index contributed by atoms with van der Waals surface area (Å²) >= 11 is 0. The molecule has 1 saturated heterocycles. The summed E-state index contributed by atoms with van der Waals surface area (Å²) in [6, 6.07) is 5.97. The Morgan fingerprint density at radius 3 is 2.53 bits per heavy atom. The fourth-order valence-corrected chi connectivity index (χ4v) is 3.87. The minimum absolute atomic E-state index is 0.0600. The van der Waals surface area contributed by atoms with Gasteiger partial charge in [-0.15, -0.1) is 0 Å². The minimum Gasteiger partial charge on any atom is -0.454 e. The average molecular weight is 415 g/mol. The first-order valence-corrected chi connectivity index (χ1v) is 10.4. The Bertz CT molecular complexity index is 925. The molecule has 4 rings (SSSR count). The van der Waals surface area contributed by atoms with E-state index in [-0.39, 0.29) is 18.8 Å². The zero-order chi connectivity index (χ0) is 21.3. The summed E-state index contributed by atoms with van der Waals surface area (Å²) in [6.45, 7) is 2.80. The van der Waals surface area contributed by atoms with Gasteiger partial charge in [0.2, 0.25) is 6.79 Å². The second-order valence-corrected chi connectivity index (χ2v) is 8.33. The maximum atomic E-state index is 13.2. The van der Waals surface area contributed by atoms with E-state index in [1.807, 2.05) is 50.1 Å². The molecular weight excluding hydrogens is 384 g/mol. The molecule has 8 nitrogen and oxygen atoms in total. The molecule has 1 atom stereocenters. The Morgan fingerprint density at radius 1 is 1.10 bits per heavy atom. The van der Waals surface area contributed by atoms with Gasteiger partial charge in [-0.25, -0.2) is 4.98 Å². The number of pyridine rings is 1. The van der Waals surface area contributed by atoms with Crippen molar-refractivity contribution in [3.05, 3.63) is 23.8 Å². The number of benzene rings is 1. The van der Waals surface area contributed by atoms with E-state index < -0.39 is 0 Å². The molecule has 3 heterocycles. The van der Waals surface area contributed by atoms with E-state index in [9.17, 15) is 4.79 Å². The summed E-state index contributed by atoms with van der Waals surface area (Å²) in [5, 5.41) is 0.969. The van der Waals surface area contributed by atoms with Crippen LogP contribution in [0.15, 0.2) is 18.2 Å². The number of ether oxygens (including phenoxy) is 3. The van der Waals surface area contributed by atoms with E-state index in [1.165, 1.54) is 0 Å². The number of hydrogen-bond acceptors (Lipinski definition) is 7. The number of fused-ring (bicyclic) bond motifs is 2. The van der Waals surface area contributed by atoms with E-state index in [2.05, 4.69) is 11.0 Å². The first-order chi connectivity index (χ1) is 14.4. The van der Waals surface area contributed by atoms with Crippen LogP contribution in [0.2, 0.25) is 0 Å². The molecule has 2 aliphatic heterocycles. The van der Waals surface area contributed by atoms with E-state index in [0.29, 0.717) is 25.4 Å². The van der Waals surface area contributed by atoms with E-state index >= 15 is 0 Å². The normalized spacial score (nSPS) is 17.7. The van der Waals surface area contributed by atoms with Gasteiger partial charge in [-0.05, 0) is 39.1 Å². The summed E-state index contributed by atoms with van der Waals surface area (Å²) < 4.78 is 16.7. The number of nitrogens with zero attached hydrogens (tertiary/aromatic N) is 4. The van der Waals surface area contributed by atoms with Gasteiger partial charge >= 0.3 is 0 Å². The van der Waals surface area contributed by atoms with Crippen molar-refractivity contribution in [3.63, 3.8) is 0 Å². The number of anilines is 1. The fraction of sp³-hybridized carbons (Fsp3) is 0.545. The number of carbonyl (C=O) groups is 1. The molecule has 0 saturated carbocycles. The lowest BCUT2D eigenvalue weighted by Crippen LogP contribution is -2.42. The largest absolute Gasteiger partial charge is 0.454 e. The highest BCUT2D eigenvalue weighted by Crippen LogP contribution is 2.37. The molecule has 8 heteroatoms. The second kappa shape index (κ2) is 8.65. The van der Waals surface area contributed by atoms with Crippen LogP contribution in [-0.4, -0.2) is 81.5 Å². The summed E-state index contributed by atoms with van der Waals surface area (Å²) in [5.74, 6) is 2.35. The van der Waals surface area contributed by atoms with Crippen molar-refractivity contribution < 1.29 is 19.0 Å².